The van der Waals surface area contributed by atoms with Gasteiger partial charge in [0.1, 0.15) is 5.25 Å². The minimum Gasteiger partial charge on any atom is -0.375 e. The summed E-state index contributed by atoms with van der Waals surface area (Å²) in [6.07, 6.45) is 1.95. The highest BCUT2D eigenvalue weighted by Gasteiger charge is 2.31. The fourth-order valence-corrected chi connectivity index (χ4v) is 2.12. The van der Waals surface area contributed by atoms with Gasteiger partial charge in [-0.3, -0.25) is 4.79 Å². The van der Waals surface area contributed by atoms with Crippen LogP contribution in [0, 0.1) is 0 Å². The Balaban J connectivity index is 2.67. The van der Waals surface area contributed by atoms with Crippen LogP contribution in [0.4, 0.5) is 0 Å². The summed E-state index contributed by atoms with van der Waals surface area (Å²) < 4.78 is 28.0. The van der Waals surface area contributed by atoms with Gasteiger partial charge in [0, 0.05) is 19.3 Å². The Hall–Kier alpha value is -0.620. The number of ether oxygens (including phenoxy) is 1. The molecule has 0 aromatic rings. The number of carbonyl (C=O) groups excluding carboxylic acids is 1. The molecule has 0 radical (unpaired) electrons. The standard InChI is InChI=1S/C10H19NO4S/c1-4-9-7-11(5-6-15-9)10(12)8(2)16(3,13)14/h8-9H,4-7H2,1-3H3/t8-,9-/m1/s1. The van der Waals surface area contributed by atoms with Crippen LogP contribution in [-0.4, -0.2) is 56.5 Å². The van der Waals surface area contributed by atoms with Gasteiger partial charge in [-0.1, -0.05) is 6.92 Å². The van der Waals surface area contributed by atoms with Crippen molar-refractivity contribution in [2.75, 3.05) is 26.0 Å². The zero-order valence-electron chi connectivity index (χ0n) is 9.97. The van der Waals surface area contributed by atoms with Gasteiger partial charge < -0.3 is 9.64 Å². The van der Waals surface area contributed by atoms with Crippen molar-refractivity contribution in [3.05, 3.63) is 0 Å². The van der Waals surface area contributed by atoms with Crippen molar-refractivity contribution in [1.82, 2.24) is 4.90 Å². The minimum atomic E-state index is -3.31. The Morgan fingerprint density at radius 2 is 2.19 bits per heavy atom. The molecule has 1 rings (SSSR count). The van der Waals surface area contributed by atoms with Gasteiger partial charge in [0.05, 0.1) is 12.7 Å². The highest BCUT2D eigenvalue weighted by atomic mass is 32.2. The molecular formula is C10H19NO4S. The number of nitrogens with zero attached hydrogens (tertiary/aromatic N) is 1. The molecule has 0 saturated carbocycles. The molecule has 0 spiro atoms. The van der Waals surface area contributed by atoms with Gasteiger partial charge in [-0.05, 0) is 13.3 Å². The Labute approximate surface area is 96.7 Å². The average molecular weight is 249 g/mol. The summed E-state index contributed by atoms with van der Waals surface area (Å²) in [7, 11) is -3.31. The Morgan fingerprint density at radius 1 is 1.56 bits per heavy atom. The van der Waals surface area contributed by atoms with Crippen LogP contribution >= 0.6 is 0 Å². The fourth-order valence-electron chi connectivity index (χ4n) is 1.61. The summed E-state index contributed by atoms with van der Waals surface area (Å²) in [4.78, 5) is 13.5. The van der Waals surface area contributed by atoms with E-state index in [1.807, 2.05) is 6.92 Å². The second-order valence-electron chi connectivity index (χ2n) is 4.16. The predicted molar refractivity (Wildman–Crippen MR) is 60.9 cm³/mol. The summed E-state index contributed by atoms with van der Waals surface area (Å²) in [5.41, 5.74) is 0. The van der Waals surface area contributed by atoms with E-state index in [9.17, 15) is 13.2 Å². The number of hydrogen-bond donors (Lipinski definition) is 0. The molecule has 94 valence electrons. The molecule has 6 heteroatoms. The SMILES string of the molecule is CC[C@@H]1CN(C(=O)[C@@H](C)S(C)(=O)=O)CCO1. The fraction of sp³-hybridized carbons (Fsp3) is 0.900. The molecule has 0 N–H and O–H groups in total. The lowest BCUT2D eigenvalue weighted by Gasteiger charge is -2.33. The van der Waals surface area contributed by atoms with Crippen LogP contribution in [0.25, 0.3) is 0 Å². The zero-order chi connectivity index (χ0) is 12.3. The summed E-state index contributed by atoms with van der Waals surface area (Å²) in [6, 6.07) is 0. The molecule has 1 aliphatic heterocycles. The maximum absolute atomic E-state index is 11.9. The molecule has 0 aromatic heterocycles. The number of sulfone groups is 1. The van der Waals surface area contributed by atoms with Crippen molar-refractivity contribution in [2.45, 2.75) is 31.6 Å². The Kier molecular flexibility index (Phi) is 4.32. The minimum absolute atomic E-state index is 0.0319. The number of amides is 1. The highest BCUT2D eigenvalue weighted by molar-refractivity contribution is 7.92. The molecule has 0 aliphatic carbocycles. The van der Waals surface area contributed by atoms with E-state index in [1.54, 1.807) is 4.90 Å². The predicted octanol–water partition coefficient (Wildman–Crippen LogP) is 0.0569. The first-order valence-electron chi connectivity index (χ1n) is 5.45. The van der Waals surface area contributed by atoms with Crippen molar-refractivity contribution >= 4 is 15.7 Å². The van der Waals surface area contributed by atoms with Crippen LogP contribution in [0.2, 0.25) is 0 Å². The van der Waals surface area contributed by atoms with E-state index in [2.05, 4.69) is 0 Å². The van der Waals surface area contributed by atoms with Crippen LogP contribution in [0.1, 0.15) is 20.3 Å². The van der Waals surface area contributed by atoms with Crippen molar-refractivity contribution < 1.29 is 17.9 Å². The van der Waals surface area contributed by atoms with Gasteiger partial charge in [-0.25, -0.2) is 8.42 Å². The molecule has 0 bridgehead atoms. The third-order valence-electron chi connectivity index (χ3n) is 2.90. The number of hydrogen-bond acceptors (Lipinski definition) is 4. The lowest BCUT2D eigenvalue weighted by molar-refractivity contribution is -0.138. The second kappa shape index (κ2) is 5.14. The van der Waals surface area contributed by atoms with Crippen molar-refractivity contribution in [2.24, 2.45) is 0 Å². The molecule has 1 heterocycles. The second-order valence-corrected chi connectivity index (χ2v) is 6.52. The van der Waals surface area contributed by atoms with E-state index in [0.29, 0.717) is 19.7 Å². The third-order valence-corrected chi connectivity index (χ3v) is 4.38. The van der Waals surface area contributed by atoms with E-state index >= 15 is 0 Å². The van der Waals surface area contributed by atoms with Gasteiger partial charge in [0.2, 0.25) is 5.91 Å². The van der Waals surface area contributed by atoms with Gasteiger partial charge >= 0.3 is 0 Å². The zero-order valence-corrected chi connectivity index (χ0v) is 10.8. The molecule has 1 fully saturated rings. The van der Waals surface area contributed by atoms with Crippen LogP contribution in [0.5, 0.6) is 0 Å². The van der Waals surface area contributed by atoms with Crippen molar-refractivity contribution in [3.8, 4) is 0 Å². The molecule has 1 amide bonds. The van der Waals surface area contributed by atoms with Crippen molar-refractivity contribution in [1.29, 1.82) is 0 Å². The normalized spacial score (nSPS) is 24.2. The monoisotopic (exact) mass is 249 g/mol. The lowest BCUT2D eigenvalue weighted by atomic mass is 10.2. The summed E-state index contributed by atoms with van der Waals surface area (Å²) in [5, 5.41) is -0.955. The van der Waals surface area contributed by atoms with Crippen LogP contribution < -0.4 is 0 Å². The summed E-state index contributed by atoms with van der Waals surface area (Å²) in [5.74, 6) is -0.316. The molecule has 1 aliphatic rings. The number of morpholine rings is 1. The van der Waals surface area contributed by atoms with Crippen LogP contribution in [0.15, 0.2) is 0 Å². The average Bonchev–Trinajstić information content (AvgIpc) is 2.26. The topological polar surface area (TPSA) is 63.7 Å². The largest absolute Gasteiger partial charge is 0.375 e. The molecule has 5 nitrogen and oxygen atoms in total. The van der Waals surface area contributed by atoms with E-state index in [0.717, 1.165) is 12.7 Å². The van der Waals surface area contributed by atoms with E-state index in [4.69, 9.17) is 4.74 Å². The Morgan fingerprint density at radius 3 is 2.69 bits per heavy atom. The molecule has 16 heavy (non-hydrogen) atoms. The van der Waals surface area contributed by atoms with Crippen LogP contribution in [-0.2, 0) is 19.4 Å². The summed E-state index contributed by atoms with van der Waals surface area (Å²) >= 11 is 0. The lowest BCUT2D eigenvalue weighted by Crippen LogP contribution is -2.49. The number of rotatable bonds is 3. The van der Waals surface area contributed by atoms with Crippen molar-refractivity contribution in [3.63, 3.8) is 0 Å². The molecular weight excluding hydrogens is 230 g/mol. The summed E-state index contributed by atoms with van der Waals surface area (Å²) in [6.45, 7) is 4.89. The van der Waals surface area contributed by atoms with Gasteiger partial charge in [-0.15, -0.1) is 0 Å². The first kappa shape index (κ1) is 13.4. The highest BCUT2D eigenvalue weighted by Crippen LogP contribution is 2.11. The van der Waals surface area contributed by atoms with E-state index in [1.165, 1.54) is 6.92 Å². The van der Waals surface area contributed by atoms with E-state index < -0.39 is 15.1 Å². The van der Waals surface area contributed by atoms with Gasteiger partial charge in [0.25, 0.3) is 0 Å². The van der Waals surface area contributed by atoms with Crippen LogP contribution in [0.3, 0.4) is 0 Å². The maximum Gasteiger partial charge on any atom is 0.240 e. The Bertz CT molecular complexity index is 352. The molecule has 0 unspecified atom stereocenters. The smallest absolute Gasteiger partial charge is 0.240 e. The molecule has 1 saturated heterocycles. The quantitative estimate of drug-likeness (QED) is 0.709. The maximum atomic E-state index is 11.9. The number of carbonyl (C=O) groups is 1. The van der Waals surface area contributed by atoms with E-state index in [-0.39, 0.29) is 12.0 Å². The van der Waals surface area contributed by atoms with Gasteiger partial charge in [0.15, 0.2) is 9.84 Å². The molecule has 0 aromatic carbocycles. The van der Waals surface area contributed by atoms with Gasteiger partial charge in [-0.2, -0.15) is 0 Å². The molecule has 2 atom stereocenters. The first-order valence-corrected chi connectivity index (χ1v) is 7.41. The first-order chi connectivity index (χ1) is 7.36. The third kappa shape index (κ3) is 3.18.